The zero-order valence-electron chi connectivity index (χ0n) is 21.2. The second kappa shape index (κ2) is 12.4. The average Bonchev–Trinajstić information content (AvgIpc) is 2.91. The number of benzene rings is 4. The van der Waals surface area contributed by atoms with E-state index in [0.29, 0.717) is 23.6 Å². The number of anilines is 2. The normalized spacial score (nSPS) is 11.1. The summed E-state index contributed by atoms with van der Waals surface area (Å²) in [4.78, 5) is 13.0. The fraction of sp³-hybridized carbons (Fsp3) is 0.138. The Labute approximate surface area is 237 Å². The Kier molecular flexibility index (Phi) is 9.01. The van der Waals surface area contributed by atoms with Crippen molar-refractivity contribution in [3.05, 3.63) is 112 Å². The lowest BCUT2D eigenvalue weighted by molar-refractivity contribution is -0.114. The van der Waals surface area contributed by atoms with Gasteiger partial charge in [0.15, 0.2) is 0 Å². The summed E-state index contributed by atoms with van der Waals surface area (Å²) in [5, 5.41) is 3.18. The van der Waals surface area contributed by atoms with E-state index in [1.54, 1.807) is 43.3 Å². The molecule has 0 saturated carbocycles. The number of methoxy groups -OCH3 is 1. The highest BCUT2D eigenvalue weighted by Crippen LogP contribution is 2.33. The maximum Gasteiger partial charge on any atom is 0.268 e. The number of nitrogens with zero attached hydrogens (tertiary/aromatic N) is 1. The van der Waals surface area contributed by atoms with Crippen LogP contribution in [0.2, 0.25) is 10.0 Å². The van der Waals surface area contributed by atoms with Crippen molar-refractivity contribution in [3.63, 3.8) is 0 Å². The van der Waals surface area contributed by atoms with Gasteiger partial charge in [-0.05, 0) is 72.6 Å². The summed E-state index contributed by atoms with van der Waals surface area (Å²) in [7, 11) is -2.89. The third kappa shape index (κ3) is 7.23. The number of rotatable bonds is 10. The molecule has 1 N–H and O–H groups in total. The molecular weight excluding hydrogens is 559 g/mol. The van der Waals surface area contributed by atoms with Crippen LogP contribution in [0.1, 0.15) is 11.1 Å². The predicted molar refractivity (Wildman–Crippen MR) is 155 cm³/mol. The average molecular weight is 586 g/mol. The highest BCUT2D eigenvalue weighted by atomic mass is 35.5. The van der Waals surface area contributed by atoms with Gasteiger partial charge in [-0.1, -0.05) is 59.6 Å². The number of carbonyl (C=O) groups excluding carboxylic acids is 1. The molecule has 4 rings (SSSR count). The van der Waals surface area contributed by atoms with Gasteiger partial charge in [0.05, 0.1) is 12.8 Å². The Balaban J connectivity index is 1.56. The highest BCUT2D eigenvalue weighted by Gasteiger charge is 2.30. The first-order valence-electron chi connectivity index (χ1n) is 11.9. The number of carbonyl (C=O) groups is 1. The molecule has 7 nitrogen and oxygen atoms in total. The lowest BCUT2D eigenvalue weighted by Gasteiger charge is -2.25. The Bertz CT molecular complexity index is 1540. The molecule has 4 aromatic rings. The van der Waals surface area contributed by atoms with E-state index in [9.17, 15) is 13.2 Å². The van der Waals surface area contributed by atoms with E-state index in [-0.39, 0.29) is 26.4 Å². The molecule has 0 radical (unpaired) electrons. The number of hydrogen-bond donors (Lipinski definition) is 1. The molecule has 0 aromatic heterocycles. The van der Waals surface area contributed by atoms with Crippen LogP contribution in [-0.4, -0.2) is 28.0 Å². The van der Waals surface area contributed by atoms with Gasteiger partial charge in [0, 0.05) is 15.7 Å². The number of amides is 1. The summed E-state index contributed by atoms with van der Waals surface area (Å²) in [6.45, 7) is 1.63. The Morgan fingerprint density at radius 1 is 0.897 bits per heavy atom. The lowest BCUT2D eigenvalue weighted by atomic mass is 10.2. The minimum atomic E-state index is -4.27. The highest BCUT2D eigenvalue weighted by molar-refractivity contribution is 7.93. The fourth-order valence-corrected chi connectivity index (χ4v) is 5.97. The van der Waals surface area contributed by atoms with Crippen molar-refractivity contribution < 1.29 is 22.7 Å². The van der Waals surface area contributed by atoms with Crippen LogP contribution in [0, 0.1) is 6.92 Å². The van der Waals surface area contributed by atoms with Gasteiger partial charge >= 0.3 is 0 Å². The summed E-state index contributed by atoms with van der Waals surface area (Å²) >= 11 is 12.4. The second-order valence-corrected chi connectivity index (χ2v) is 11.3. The van der Waals surface area contributed by atoms with Crippen LogP contribution in [0.15, 0.2) is 95.9 Å². The minimum absolute atomic E-state index is 0.0891. The van der Waals surface area contributed by atoms with Gasteiger partial charge in [0.25, 0.3) is 10.0 Å². The molecular formula is C29H26Cl2N2O5S. The molecule has 0 saturated heterocycles. The third-order valence-electron chi connectivity index (χ3n) is 5.70. The summed E-state index contributed by atoms with van der Waals surface area (Å²) in [5.41, 5.74) is 2.34. The first kappa shape index (κ1) is 28.3. The quantitative estimate of drug-likeness (QED) is 0.223. The lowest BCUT2D eigenvalue weighted by Crippen LogP contribution is -2.38. The molecule has 1 amide bonds. The van der Waals surface area contributed by atoms with E-state index >= 15 is 0 Å². The van der Waals surface area contributed by atoms with E-state index in [1.165, 1.54) is 31.4 Å². The van der Waals surface area contributed by atoms with E-state index < -0.39 is 22.5 Å². The molecule has 0 atom stereocenters. The SMILES string of the molecule is COc1ccc(C)cc1S(=O)(=O)N(CC(=O)Nc1ccc(OCc2ccccc2)cc1)c1cc(Cl)cc(Cl)c1. The molecule has 0 heterocycles. The van der Waals surface area contributed by atoms with E-state index in [4.69, 9.17) is 32.7 Å². The number of ether oxygens (including phenoxy) is 2. The van der Waals surface area contributed by atoms with Crippen LogP contribution in [0.5, 0.6) is 11.5 Å². The molecule has 0 aliphatic rings. The first-order valence-corrected chi connectivity index (χ1v) is 14.1. The number of halogens is 2. The minimum Gasteiger partial charge on any atom is -0.495 e. The fourth-order valence-electron chi connectivity index (χ4n) is 3.81. The van der Waals surface area contributed by atoms with Gasteiger partial charge in [0.1, 0.15) is 29.5 Å². The van der Waals surface area contributed by atoms with Crippen molar-refractivity contribution >= 4 is 50.5 Å². The standard InChI is InChI=1S/C29H26Cl2N2O5S/c1-20-8-13-27(37-2)28(14-20)39(35,36)33(25-16-22(30)15-23(31)17-25)18-29(34)32-24-9-11-26(12-10-24)38-19-21-6-4-3-5-7-21/h3-17H,18-19H2,1-2H3,(H,32,34). The molecule has 0 bridgehead atoms. The zero-order valence-corrected chi connectivity index (χ0v) is 23.6. The van der Waals surface area contributed by atoms with E-state index in [2.05, 4.69) is 5.32 Å². The van der Waals surface area contributed by atoms with E-state index in [0.717, 1.165) is 9.87 Å². The van der Waals surface area contributed by atoms with Crippen LogP contribution in [0.25, 0.3) is 0 Å². The maximum atomic E-state index is 13.9. The number of hydrogen-bond acceptors (Lipinski definition) is 5. The van der Waals surface area contributed by atoms with Gasteiger partial charge in [-0.25, -0.2) is 8.42 Å². The topological polar surface area (TPSA) is 84.9 Å². The second-order valence-electron chi connectivity index (χ2n) is 8.64. The van der Waals surface area contributed by atoms with Gasteiger partial charge < -0.3 is 14.8 Å². The van der Waals surface area contributed by atoms with Crippen LogP contribution >= 0.6 is 23.2 Å². The molecule has 10 heteroatoms. The van der Waals surface area contributed by atoms with Crippen molar-refractivity contribution in [2.75, 3.05) is 23.3 Å². The molecule has 0 unspecified atom stereocenters. The number of aryl methyl sites for hydroxylation is 1. The van der Waals surface area contributed by atoms with Crippen molar-refractivity contribution in [2.45, 2.75) is 18.4 Å². The van der Waals surface area contributed by atoms with Gasteiger partial charge in [-0.2, -0.15) is 0 Å². The summed E-state index contributed by atoms with van der Waals surface area (Å²) in [6.07, 6.45) is 0. The van der Waals surface area contributed by atoms with Crippen LogP contribution in [-0.2, 0) is 21.4 Å². The Morgan fingerprint density at radius 2 is 1.56 bits per heavy atom. The molecule has 0 aliphatic carbocycles. The molecule has 4 aromatic carbocycles. The monoisotopic (exact) mass is 584 g/mol. The molecule has 39 heavy (non-hydrogen) atoms. The van der Waals surface area contributed by atoms with Crippen molar-refractivity contribution in [1.82, 2.24) is 0 Å². The molecule has 0 aliphatic heterocycles. The maximum absolute atomic E-state index is 13.9. The summed E-state index contributed by atoms with van der Waals surface area (Å²) in [5.74, 6) is 0.200. The van der Waals surface area contributed by atoms with Crippen molar-refractivity contribution in [1.29, 1.82) is 0 Å². The molecule has 0 spiro atoms. The van der Waals surface area contributed by atoms with Crippen LogP contribution in [0.3, 0.4) is 0 Å². The largest absolute Gasteiger partial charge is 0.495 e. The molecule has 0 fully saturated rings. The number of sulfonamides is 1. The summed E-state index contributed by atoms with van der Waals surface area (Å²) < 4.78 is 39.8. The Hall–Kier alpha value is -3.72. The first-order chi connectivity index (χ1) is 18.7. The van der Waals surface area contributed by atoms with Crippen LogP contribution in [0.4, 0.5) is 11.4 Å². The van der Waals surface area contributed by atoms with Gasteiger partial charge in [0.2, 0.25) is 5.91 Å². The van der Waals surface area contributed by atoms with Crippen molar-refractivity contribution in [2.24, 2.45) is 0 Å². The number of nitrogens with one attached hydrogen (secondary N) is 1. The zero-order chi connectivity index (χ0) is 28.0. The smallest absolute Gasteiger partial charge is 0.268 e. The molecule has 202 valence electrons. The van der Waals surface area contributed by atoms with Gasteiger partial charge in [-0.15, -0.1) is 0 Å². The van der Waals surface area contributed by atoms with Crippen molar-refractivity contribution in [3.8, 4) is 11.5 Å². The van der Waals surface area contributed by atoms with Crippen LogP contribution < -0.4 is 19.1 Å². The van der Waals surface area contributed by atoms with E-state index in [1.807, 2.05) is 30.3 Å². The summed E-state index contributed by atoms with van der Waals surface area (Å²) in [6, 6.07) is 25.7. The van der Waals surface area contributed by atoms with Gasteiger partial charge in [-0.3, -0.25) is 9.10 Å². The third-order valence-corrected chi connectivity index (χ3v) is 7.93. The Morgan fingerprint density at radius 3 is 2.21 bits per heavy atom. The predicted octanol–water partition coefficient (Wildman–Crippen LogP) is 6.72.